The second kappa shape index (κ2) is 8.61. The van der Waals surface area contributed by atoms with Gasteiger partial charge in [-0.25, -0.2) is 14.7 Å². The summed E-state index contributed by atoms with van der Waals surface area (Å²) < 4.78 is 1.71. The number of aromatic nitrogens is 3. The van der Waals surface area contributed by atoms with Crippen LogP contribution in [0.3, 0.4) is 0 Å². The highest BCUT2D eigenvalue weighted by Gasteiger charge is 2.00. The van der Waals surface area contributed by atoms with Gasteiger partial charge in [-0.1, -0.05) is 18.2 Å². The molecule has 3 rings (SSSR count). The summed E-state index contributed by atoms with van der Waals surface area (Å²) in [5.74, 6) is 0.401. The van der Waals surface area contributed by atoms with Gasteiger partial charge >= 0.3 is 0 Å². The van der Waals surface area contributed by atoms with Gasteiger partial charge in [0.25, 0.3) is 0 Å². The maximum absolute atomic E-state index is 5.97. The highest BCUT2D eigenvalue weighted by molar-refractivity contribution is 14.0. The molecule has 1 aromatic heterocycles. The minimum absolute atomic E-state index is 0. The lowest BCUT2D eigenvalue weighted by molar-refractivity contribution is 0.877. The molecule has 0 amide bonds. The quantitative estimate of drug-likeness (QED) is 0.364. The van der Waals surface area contributed by atoms with Gasteiger partial charge in [-0.05, 0) is 54.8 Å². The molecule has 0 aliphatic carbocycles. The van der Waals surface area contributed by atoms with Crippen molar-refractivity contribution in [1.29, 1.82) is 0 Å². The van der Waals surface area contributed by atoms with E-state index in [9.17, 15) is 0 Å². The van der Waals surface area contributed by atoms with Gasteiger partial charge in [0.15, 0.2) is 5.96 Å². The Kier molecular flexibility index (Phi) is 6.51. The van der Waals surface area contributed by atoms with Gasteiger partial charge in [-0.2, -0.15) is 5.10 Å². The summed E-state index contributed by atoms with van der Waals surface area (Å²) in [6, 6.07) is 14.1. The van der Waals surface area contributed by atoms with Crippen LogP contribution in [-0.2, 0) is 6.54 Å². The Hall–Kier alpha value is -2.42. The zero-order valence-corrected chi connectivity index (χ0v) is 16.5. The molecule has 1 heterocycles. The highest BCUT2D eigenvalue weighted by Crippen LogP contribution is 2.14. The van der Waals surface area contributed by atoms with E-state index in [0.29, 0.717) is 12.5 Å². The maximum atomic E-state index is 5.97. The molecule has 0 aliphatic rings. The van der Waals surface area contributed by atoms with Crippen molar-refractivity contribution in [2.45, 2.75) is 20.4 Å². The Bertz CT molecular complexity index is 841. The lowest BCUT2D eigenvalue weighted by Gasteiger charge is -2.08. The fraction of sp³-hybridized carbons (Fsp3) is 0.167. The normalized spacial score (nSPS) is 11.0. The van der Waals surface area contributed by atoms with E-state index in [0.717, 1.165) is 16.9 Å². The molecule has 0 unspecified atom stereocenters. The fourth-order valence-corrected chi connectivity index (χ4v) is 2.28. The molecule has 6 nitrogen and oxygen atoms in total. The fourth-order valence-electron chi connectivity index (χ4n) is 2.28. The van der Waals surface area contributed by atoms with Gasteiger partial charge in [-0.15, -0.1) is 24.0 Å². The summed E-state index contributed by atoms with van der Waals surface area (Å²) in [4.78, 5) is 8.32. The van der Waals surface area contributed by atoms with Gasteiger partial charge < -0.3 is 11.1 Å². The van der Waals surface area contributed by atoms with Crippen molar-refractivity contribution in [3.8, 4) is 5.69 Å². The van der Waals surface area contributed by atoms with Crippen LogP contribution in [-0.4, -0.2) is 20.7 Å². The number of anilines is 1. The lowest BCUT2D eigenvalue weighted by Crippen LogP contribution is -2.22. The maximum Gasteiger partial charge on any atom is 0.193 e. The molecule has 0 radical (unpaired) electrons. The van der Waals surface area contributed by atoms with Gasteiger partial charge in [0, 0.05) is 5.69 Å². The number of hydrogen-bond donors (Lipinski definition) is 2. The minimum atomic E-state index is 0. The van der Waals surface area contributed by atoms with Crippen LogP contribution in [0.15, 0.2) is 60.1 Å². The third-order valence-corrected chi connectivity index (χ3v) is 3.83. The topological polar surface area (TPSA) is 81.1 Å². The number of aryl methyl sites for hydroxylation is 2. The van der Waals surface area contributed by atoms with E-state index in [-0.39, 0.29) is 24.0 Å². The van der Waals surface area contributed by atoms with Crippen molar-refractivity contribution in [1.82, 2.24) is 14.8 Å². The minimum Gasteiger partial charge on any atom is -0.370 e. The van der Waals surface area contributed by atoms with Crippen LogP contribution in [0.25, 0.3) is 5.69 Å². The number of nitrogens with two attached hydrogens (primary N) is 1. The van der Waals surface area contributed by atoms with Crippen molar-refractivity contribution in [2.24, 2.45) is 10.7 Å². The molecule has 3 N–H and O–H groups in total. The summed E-state index contributed by atoms with van der Waals surface area (Å²) in [5, 5.41) is 7.22. The third kappa shape index (κ3) is 5.02. The zero-order chi connectivity index (χ0) is 16.9. The van der Waals surface area contributed by atoms with E-state index >= 15 is 0 Å². The van der Waals surface area contributed by atoms with Crippen LogP contribution in [0.4, 0.5) is 5.69 Å². The van der Waals surface area contributed by atoms with Crippen LogP contribution in [0, 0.1) is 13.8 Å². The summed E-state index contributed by atoms with van der Waals surface area (Å²) >= 11 is 0. The average molecular weight is 448 g/mol. The second-order valence-corrected chi connectivity index (χ2v) is 5.63. The largest absolute Gasteiger partial charge is 0.370 e. The second-order valence-electron chi connectivity index (χ2n) is 5.63. The lowest BCUT2D eigenvalue weighted by atomic mass is 10.1. The molecule has 0 saturated heterocycles. The predicted octanol–water partition coefficient (Wildman–Crippen LogP) is 3.43. The van der Waals surface area contributed by atoms with Crippen LogP contribution >= 0.6 is 24.0 Å². The summed E-state index contributed by atoms with van der Waals surface area (Å²) in [5.41, 5.74) is 11.4. The molecule has 0 saturated carbocycles. The zero-order valence-electron chi connectivity index (χ0n) is 14.2. The number of halogens is 1. The molecule has 0 bridgehead atoms. The number of aliphatic imine (C=N–C) groups is 1. The molecule has 3 aromatic rings. The number of hydrogen-bond acceptors (Lipinski definition) is 3. The molecule has 25 heavy (non-hydrogen) atoms. The summed E-state index contributed by atoms with van der Waals surface area (Å²) in [6.07, 6.45) is 3.18. The number of nitrogens with zero attached hydrogens (tertiary/aromatic N) is 4. The van der Waals surface area contributed by atoms with Gasteiger partial charge in [0.2, 0.25) is 0 Å². The van der Waals surface area contributed by atoms with Crippen LogP contribution in [0.5, 0.6) is 0 Å². The molecule has 0 atom stereocenters. The molecule has 130 valence electrons. The van der Waals surface area contributed by atoms with E-state index in [1.54, 1.807) is 11.0 Å². The van der Waals surface area contributed by atoms with Crippen LogP contribution in [0.2, 0.25) is 0 Å². The van der Waals surface area contributed by atoms with Gasteiger partial charge in [0.1, 0.15) is 12.7 Å². The summed E-state index contributed by atoms with van der Waals surface area (Å²) in [7, 11) is 0. The molecular weight excluding hydrogens is 427 g/mol. The van der Waals surface area contributed by atoms with Crippen molar-refractivity contribution < 1.29 is 0 Å². The third-order valence-electron chi connectivity index (χ3n) is 3.83. The molecule has 0 spiro atoms. The summed E-state index contributed by atoms with van der Waals surface area (Å²) in [6.45, 7) is 4.67. The Balaban J connectivity index is 0.00000225. The first-order valence-corrected chi connectivity index (χ1v) is 7.70. The van der Waals surface area contributed by atoms with E-state index in [1.165, 1.54) is 17.5 Å². The van der Waals surface area contributed by atoms with Crippen molar-refractivity contribution in [2.75, 3.05) is 5.32 Å². The number of rotatable bonds is 4. The Morgan fingerprint density at radius 1 is 1.12 bits per heavy atom. The monoisotopic (exact) mass is 448 g/mol. The molecule has 0 fully saturated rings. The van der Waals surface area contributed by atoms with E-state index < -0.39 is 0 Å². The van der Waals surface area contributed by atoms with E-state index in [4.69, 9.17) is 5.73 Å². The Labute approximate surface area is 164 Å². The van der Waals surface area contributed by atoms with E-state index in [1.807, 2.05) is 30.3 Å². The molecule has 0 aliphatic heterocycles. The number of guanidine groups is 1. The molecular formula is C18H21IN6. The first-order valence-electron chi connectivity index (χ1n) is 7.70. The standard InChI is InChI=1S/C18H20N6.HI/c1-13-3-6-16(9-14(13)2)23-18(19)21-10-15-4-7-17(8-5-15)24-12-20-11-22-24;/h3-9,11-12H,10H2,1-2H3,(H3,19,21,23);1H. The molecule has 7 heteroatoms. The van der Waals surface area contributed by atoms with Crippen LogP contribution in [0.1, 0.15) is 16.7 Å². The number of benzene rings is 2. The Morgan fingerprint density at radius 3 is 2.52 bits per heavy atom. The van der Waals surface area contributed by atoms with Gasteiger partial charge in [0.05, 0.1) is 12.2 Å². The van der Waals surface area contributed by atoms with Crippen LogP contribution < -0.4 is 11.1 Å². The Morgan fingerprint density at radius 2 is 1.88 bits per heavy atom. The highest BCUT2D eigenvalue weighted by atomic mass is 127. The first-order chi connectivity index (χ1) is 11.6. The van der Waals surface area contributed by atoms with Gasteiger partial charge in [-0.3, -0.25) is 0 Å². The van der Waals surface area contributed by atoms with Crippen molar-refractivity contribution >= 4 is 35.6 Å². The van der Waals surface area contributed by atoms with Crippen molar-refractivity contribution in [3.63, 3.8) is 0 Å². The number of nitrogens with one attached hydrogen (secondary N) is 1. The predicted molar refractivity (Wildman–Crippen MR) is 112 cm³/mol. The molecule has 2 aromatic carbocycles. The smallest absolute Gasteiger partial charge is 0.193 e. The van der Waals surface area contributed by atoms with E-state index in [2.05, 4.69) is 46.4 Å². The SMILES string of the molecule is Cc1ccc(NC(N)=NCc2ccc(-n3cncn3)cc2)cc1C.I. The van der Waals surface area contributed by atoms with Crippen molar-refractivity contribution in [3.05, 3.63) is 71.8 Å². The first kappa shape index (κ1) is 18.9. The average Bonchev–Trinajstić information content (AvgIpc) is 3.11.